The average Bonchev–Trinajstić information content (AvgIpc) is 2.18. The van der Waals surface area contributed by atoms with E-state index in [4.69, 9.17) is 10.5 Å². The number of halogens is 2. The van der Waals surface area contributed by atoms with Crippen LogP contribution < -0.4 is 11.1 Å². The second-order valence-corrected chi connectivity index (χ2v) is 3.75. The van der Waals surface area contributed by atoms with E-state index in [0.717, 1.165) is 32.1 Å². The number of rotatable bonds is 8. The van der Waals surface area contributed by atoms with E-state index in [9.17, 15) is 4.79 Å². The standard InChI is InChI=1S/C11H24N2O2.2ClH/c1-3-5-8-13-11(14)15-9-7-10(12)6-4-2;;/h10H,3-9,12H2,1-2H3,(H,13,14);2*1H. The number of unbranched alkanes of at least 4 members (excludes halogenated alkanes) is 1. The molecule has 0 saturated heterocycles. The van der Waals surface area contributed by atoms with Gasteiger partial charge in [0.25, 0.3) is 0 Å². The highest BCUT2D eigenvalue weighted by Crippen LogP contribution is 1.98. The van der Waals surface area contributed by atoms with Gasteiger partial charge in [0.1, 0.15) is 0 Å². The monoisotopic (exact) mass is 288 g/mol. The minimum absolute atomic E-state index is 0. The summed E-state index contributed by atoms with van der Waals surface area (Å²) in [6, 6.07) is 0.151. The largest absolute Gasteiger partial charge is 0.450 e. The van der Waals surface area contributed by atoms with Crippen molar-refractivity contribution in [2.75, 3.05) is 13.2 Å². The summed E-state index contributed by atoms with van der Waals surface area (Å²) in [6.07, 6.45) is 4.54. The Balaban J connectivity index is -0.000000980. The van der Waals surface area contributed by atoms with Crippen LogP contribution in [0.2, 0.25) is 0 Å². The molecule has 1 atom stereocenters. The maximum atomic E-state index is 11.1. The predicted octanol–water partition coefficient (Wildman–Crippen LogP) is 2.87. The fourth-order valence-electron chi connectivity index (χ4n) is 1.24. The van der Waals surface area contributed by atoms with Gasteiger partial charge in [0, 0.05) is 12.6 Å². The molecule has 0 radical (unpaired) electrons. The van der Waals surface area contributed by atoms with Crippen molar-refractivity contribution in [2.45, 2.75) is 52.0 Å². The molecule has 0 rings (SSSR count). The quantitative estimate of drug-likeness (QED) is 0.675. The van der Waals surface area contributed by atoms with E-state index in [1.165, 1.54) is 0 Å². The predicted molar refractivity (Wildman–Crippen MR) is 76.3 cm³/mol. The summed E-state index contributed by atoms with van der Waals surface area (Å²) < 4.78 is 4.98. The van der Waals surface area contributed by atoms with Gasteiger partial charge in [0.05, 0.1) is 6.61 Å². The van der Waals surface area contributed by atoms with Gasteiger partial charge in [-0.3, -0.25) is 0 Å². The van der Waals surface area contributed by atoms with Crippen molar-refractivity contribution in [1.82, 2.24) is 5.32 Å². The summed E-state index contributed by atoms with van der Waals surface area (Å²) >= 11 is 0. The molecule has 0 aliphatic heterocycles. The summed E-state index contributed by atoms with van der Waals surface area (Å²) in [6.45, 7) is 5.28. The zero-order valence-corrected chi connectivity index (χ0v) is 12.4. The summed E-state index contributed by atoms with van der Waals surface area (Å²) in [7, 11) is 0. The minimum Gasteiger partial charge on any atom is -0.450 e. The molecule has 0 heterocycles. The van der Waals surface area contributed by atoms with E-state index in [0.29, 0.717) is 13.2 Å². The van der Waals surface area contributed by atoms with Gasteiger partial charge in [-0.2, -0.15) is 0 Å². The third-order valence-corrected chi connectivity index (χ3v) is 2.18. The molecule has 0 spiro atoms. The SMILES string of the molecule is CCCCNC(=O)OCCC(N)CCC.Cl.Cl. The van der Waals surface area contributed by atoms with Crippen LogP contribution in [-0.2, 0) is 4.74 Å². The van der Waals surface area contributed by atoms with Crippen molar-refractivity contribution in [1.29, 1.82) is 0 Å². The number of amides is 1. The molecule has 0 aromatic carbocycles. The molecule has 1 unspecified atom stereocenters. The topological polar surface area (TPSA) is 64.3 Å². The molecule has 106 valence electrons. The Morgan fingerprint density at radius 2 is 1.88 bits per heavy atom. The first kappa shape index (κ1) is 22.0. The highest BCUT2D eigenvalue weighted by Gasteiger charge is 2.04. The minimum atomic E-state index is -0.327. The number of hydrogen-bond acceptors (Lipinski definition) is 3. The van der Waals surface area contributed by atoms with Crippen LogP contribution in [-0.4, -0.2) is 25.3 Å². The van der Waals surface area contributed by atoms with E-state index in [1.807, 2.05) is 0 Å². The lowest BCUT2D eigenvalue weighted by molar-refractivity contribution is 0.142. The smallest absolute Gasteiger partial charge is 0.407 e. The normalized spacial score (nSPS) is 10.8. The first-order valence-corrected chi connectivity index (χ1v) is 5.86. The number of carbonyl (C=O) groups is 1. The van der Waals surface area contributed by atoms with Gasteiger partial charge in [-0.1, -0.05) is 26.7 Å². The number of nitrogens with one attached hydrogen (secondary N) is 1. The number of carbonyl (C=O) groups excluding carboxylic acids is 1. The lowest BCUT2D eigenvalue weighted by atomic mass is 10.1. The van der Waals surface area contributed by atoms with Gasteiger partial charge in [-0.15, -0.1) is 24.8 Å². The Morgan fingerprint density at radius 1 is 1.24 bits per heavy atom. The van der Waals surface area contributed by atoms with Gasteiger partial charge in [-0.25, -0.2) is 4.79 Å². The van der Waals surface area contributed by atoms with E-state index in [2.05, 4.69) is 19.2 Å². The zero-order chi connectivity index (χ0) is 11.5. The zero-order valence-electron chi connectivity index (χ0n) is 10.7. The van der Waals surface area contributed by atoms with Gasteiger partial charge in [0.2, 0.25) is 0 Å². The van der Waals surface area contributed by atoms with Crippen molar-refractivity contribution in [3.63, 3.8) is 0 Å². The van der Waals surface area contributed by atoms with Crippen LogP contribution in [0.4, 0.5) is 4.79 Å². The number of alkyl carbamates (subject to hydrolysis) is 1. The number of hydrogen-bond donors (Lipinski definition) is 2. The molecule has 0 saturated carbocycles. The number of nitrogens with two attached hydrogens (primary N) is 1. The van der Waals surface area contributed by atoms with Crippen LogP contribution in [0.5, 0.6) is 0 Å². The first-order valence-electron chi connectivity index (χ1n) is 5.86. The second kappa shape index (κ2) is 15.8. The Morgan fingerprint density at radius 3 is 2.41 bits per heavy atom. The van der Waals surface area contributed by atoms with Crippen molar-refractivity contribution < 1.29 is 9.53 Å². The van der Waals surface area contributed by atoms with Crippen molar-refractivity contribution in [2.24, 2.45) is 5.73 Å². The molecule has 0 aromatic rings. The first-order chi connectivity index (χ1) is 7.20. The Hall–Kier alpha value is -0.190. The fraction of sp³-hybridized carbons (Fsp3) is 0.909. The van der Waals surface area contributed by atoms with E-state index < -0.39 is 0 Å². The summed E-state index contributed by atoms with van der Waals surface area (Å²) in [4.78, 5) is 11.1. The molecule has 0 aliphatic rings. The summed E-state index contributed by atoms with van der Waals surface area (Å²) in [5, 5.41) is 2.69. The molecule has 1 amide bonds. The third kappa shape index (κ3) is 15.8. The molecular formula is C11H26Cl2N2O2. The van der Waals surface area contributed by atoms with Gasteiger partial charge < -0.3 is 15.8 Å². The molecule has 0 fully saturated rings. The van der Waals surface area contributed by atoms with Crippen molar-refractivity contribution in [3.05, 3.63) is 0 Å². The van der Waals surface area contributed by atoms with Crippen molar-refractivity contribution in [3.8, 4) is 0 Å². The second-order valence-electron chi connectivity index (χ2n) is 3.75. The molecule has 4 nitrogen and oxygen atoms in total. The van der Waals surface area contributed by atoms with Crippen LogP contribution in [0.1, 0.15) is 46.0 Å². The Kier molecular flexibility index (Phi) is 20.5. The van der Waals surface area contributed by atoms with Crippen molar-refractivity contribution >= 4 is 30.9 Å². The lowest BCUT2D eigenvalue weighted by Gasteiger charge is -2.10. The van der Waals surface area contributed by atoms with E-state index in [-0.39, 0.29) is 36.9 Å². The molecule has 17 heavy (non-hydrogen) atoms. The number of ether oxygens (including phenoxy) is 1. The van der Waals surface area contributed by atoms with E-state index in [1.54, 1.807) is 0 Å². The fourth-order valence-corrected chi connectivity index (χ4v) is 1.24. The van der Waals surface area contributed by atoms with Gasteiger partial charge in [0.15, 0.2) is 0 Å². The molecule has 6 heteroatoms. The summed E-state index contributed by atoms with van der Waals surface area (Å²) in [5.41, 5.74) is 5.78. The molecule has 0 bridgehead atoms. The van der Waals surface area contributed by atoms with Crippen LogP contribution in [0.15, 0.2) is 0 Å². The maximum Gasteiger partial charge on any atom is 0.407 e. The highest BCUT2D eigenvalue weighted by atomic mass is 35.5. The van der Waals surface area contributed by atoms with E-state index >= 15 is 0 Å². The van der Waals surface area contributed by atoms with Crippen LogP contribution in [0.25, 0.3) is 0 Å². The molecule has 3 N–H and O–H groups in total. The van der Waals surface area contributed by atoms with Crippen LogP contribution in [0.3, 0.4) is 0 Å². The molecular weight excluding hydrogens is 263 g/mol. The maximum absolute atomic E-state index is 11.1. The van der Waals surface area contributed by atoms with Gasteiger partial charge in [-0.05, 0) is 19.3 Å². The summed E-state index contributed by atoms with van der Waals surface area (Å²) in [5.74, 6) is 0. The van der Waals surface area contributed by atoms with Crippen LogP contribution in [0, 0.1) is 0 Å². The molecule has 0 aliphatic carbocycles. The molecule has 0 aromatic heterocycles. The third-order valence-electron chi connectivity index (χ3n) is 2.18. The lowest BCUT2D eigenvalue weighted by Crippen LogP contribution is -2.28. The average molecular weight is 289 g/mol. The Bertz CT molecular complexity index is 172. The van der Waals surface area contributed by atoms with Crippen LogP contribution >= 0.6 is 24.8 Å². The highest BCUT2D eigenvalue weighted by molar-refractivity contribution is 5.85. The Labute approximate surface area is 117 Å². The van der Waals surface area contributed by atoms with Gasteiger partial charge >= 0.3 is 6.09 Å².